The van der Waals surface area contributed by atoms with Crippen LogP contribution in [0.2, 0.25) is 0 Å². The number of nitrogens with one attached hydrogen (secondary N) is 1. The average molecular weight is 288 g/mol. The Morgan fingerprint density at radius 3 is 2.62 bits per heavy atom. The molecule has 110 valence electrons. The maximum absolute atomic E-state index is 11.0. The highest BCUT2D eigenvalue weighted by atomic mass is 16.4. The Bertz CT molecular complexity index is 606. The maximum Gasteiger partial charge on any atom is 0.354 e. The normalized spacial score (nSPS) is 16.1. The van der Waals surface area contributed by atoms with Gasteiger partial charge in [-0.3, -0.25) is 10.00 Å². The SMILES string of the molecule is O=C(O)c1[nH]ncc1CN1CCN(c2ncccn2)CC1. The molecule has 2 N–H and O–H groups in total. The second-order valence-electron chi connectivity index (χ2n) is 4.89. The molecule has 1 saturated heterocycles. The van der Waals surface area contributed by atoms with E-state index in [1.54, 1.807) is 24.7 Å². The predicted octanol–water partition coefficient (Wildman–Crippen LogP) is 0.220. The van der Waals surface area contributed by atoms with Crippen LogP contribution in [0.1, 0.15) is 16.1 Å². The minimum atomic E-state index is -0.973. The van der Waals surface area contributed by atoms with Crippen molar-refractivity contribution in [3.63, 3.8) is 0 Å². The first-order chi connectivity index (χ1) is 10.2. The highest BCUT2D eigenvalue weighted by molar-refractivity contribution is 5.86. The molecular weight excluding hydrogens is 272 g/mol. The lowest BCUT2D eigenvalue weighted by Crippen LogP contribution is -2.46. The van der Waals surface area contributed by atoms with E-state index in [1.807, 2.05) is 0 Å². The van der Waals surface area contributed by atoms with Crippen molar-refractivity contribution < 1.29 is 9.90 Å². The van der Waals surface area contributed by atoms with Gasteiger partial charge in [-0.15, -0.1) is 0 Å². The van der Waals surface area contributed by atoms with Crippen molar-refractivity contribution in [1.29, 1.82) is 0 Å². The molecule has 0 amide bonds. The number of carbonyl (C=O) groups is 1. The van der Waals surface area contributed by atoms with Crippen molar-refractivity contribution in [2.45, 2.75) is 6.54 Å². The summed E-state index contributed by atoms with van der Waals surface area (Å²) in [6, 6.07) is 1.80. The fourth-order valence-corrected chi connectivity index (χ4v) is 2.42. The molecule has 1 aliphatic rings. The van der Waals surface area contributed by atoms with Gasteiger partial charge in [-0.05, 0) is 6.07 Å². The van der Waals surface area contributed by atoms with Gasteiger partial charge in [-0.2, -0.15) is 5.10 Å². The fourth-order valence-electron chi connectivity index (χ4n) is 2.42. The van der Waals surface area contributed by atoms with E-state index >= 15 is 0 Å². The topological polar surface area (TPSA) is 98.2 Å². The number of carboxylic acids is 1. The molecule has 2 aromatic heterocycles. The van der Waals surface area contributed by atoms with E-state index in [-0.39, 0.29) is 5.69 Å². The van der Waals surface area contributed by atoms with Crippen LogP contribution in [0.15, 0.2) is 24.7 Å². The average Bonchev–Trinajstić information content (AvgIpc) is 2.97. The van der Waals surface area contributed by atoms with Crippen LogP contribution in [0.25, 0.3) is 0 Å². The number of H-pyrrole nitrogens is 1. The van der Waals surface area contributed by atoms with Crippen molar-refractivity contribution in [3.8, 4) is 0 Å². The molecule has 0 unspecified atom stereocenters. The number of piperazine rings is 1. The van der Waals surface area contributed by atoms with Gasteiger partial charge in [0.15, 0.2) is 0 Å². The van der Waals surface area contributed by atoms with Crippen molar-refractivity contribution >= 4 is 11.9 Å². The Hall–Kier alpha value is -2.48. The summed E-state index contributed by atoms with van der Waals surface area (Å²) in [5.41, 5.74) is 0.885. The Morgan fingerprint density at radius 1 is 1.24 bits per heavy atom. The van der Waals surface area contributed by atoms with E-state index in [4.69, 9.17) is 5.11 Å². The largest absolute Gasteiger partial charge is 0.477 e. The van der Waals surface area contributed by atoms with Gasteiger partial charge in [-0.1, -0.05) is 0 Å². The number of aromatic carboxylic acids is 1. The lowest BCUT2D eigenvalue weighted by Gasteiger charge is -2.34. The molecule has 0 aromatic carbocycles. The fraction of sp³-hybridized carbons (Fsp3) is 0.385. The Labute approximate surface area is 121 Å². The first kappa shape index (κ1) is 13.5. The third kappa shape index (κ3) is 3.00. The van der Waals surface area contributed by atoms with E-state index in [2.05, 4.69) is 30.0 Å². The number of aromatic nitrogens is 4. The number of anilines is 1. The van der Waals surface area contributed by atoms with Crippen LogP contribution in [0.3, 0.4) is 0 Å². The second-order valence-corrected chi connectivity index (χ2v) is 4.89. The van der Waals surface area contributed by atoms with Gasteiger partial charge in [0.05, 0.1) is 6.20 Å². The van der Waals surface area contributed by atoms with Crippen LogP contribution in [0.4, 0.5) is 5.95 Å². The summed E-state index contributed by atoms with van der Waals surface area (Å²) in [5.74, 6) is -0.231. The zero-order chi connectivity index (χ0) is 14.7. The number of hydrogen-bond donors (Lipinski definition) is 2. The lowest BCUT2D eigenvalue weighted by atomic mass is 10.2. The van der Waals surface area contributed by atoms with E-state index in [0.29, 0.717) is 12.1 Å². The van der Waals surface area contributed by atoms with Crippen molar-refractivity contribution in [1.82, 2.24) is 25.1 Å². The van der Waals surface area contributed by atoms with Crippen LogP contribution in [0, 0.1) is 0 Å². The number of nitrogens with zero attached hydrogens (tertiary/aromatic N) is 5. The van der Waals surface area contributed by atoms with Gasteiger partial charge in [0, 0.05) is 50.7 Å². The van der Waals surface area contributed by atoms with Crippen LogP contribution in [0.5, 0.6) is 0 Å². The summed E-state index contributed by atoms with van der Waals surface area (Å²) in [4.78, 5) is 23.9. The predicted molar refractivity (Wildman–Crippen MR) is 75.1 cm³/mol. The number of carboxylic acid groups (broad SMARTS) is 1. The summed E-state index contributed by atoms with van der Waals surface area (Å²) >= 11 is 0. The molecule has 0 saturated carbocycles. The van der Waals surface area contributed by atoms with Gasteiger partial charge in [0.2, 0.25) is 5.95 Å². The van der Waals surface area contributed by atoms with E-state index in [9.17, 15) is 4.79 Å². The van der Waals surface area contributed by atoms with Gasteiger partial charge < -0.3 is 10.0 Å². The third-order valence-electron chi connectivity index (χ3n) is 3.53. The van der Waals surface area contributed by atoms with Gasteiger partial charge in [-0.25, -0.2) is 14.8 Å². The molecule has 2 aromatic rings. The molecule has 3 heterocycles. The smallest absolute Gasteiger partial charge is 0.354 e. The molecule has 8 heteroatoms. The van der Waals surface area contributed by atoms with Gasteiger partial charge in [0.1, 0.15) is 5.69 Å². The zero-order valence-corrected chi connectivity index (χ0v) is 11.4. The lowest BCUT2D eigenvalue weighted by molar-refractivity contribution is 0.0688. The van der Waals surface area contributed by atoms with Crippen LogP contribution in [-0.4, -0.2) is 62.3 Å². The third-order valence-corrected chi connectivity index (χ3v) is 3.53. The summed E-state index contributed by atoms with van der Waals surface area (Å²) in [7, 11) is 0. The quantitative estimate of drug-likeness (QED) is 0.830. The van der Waals surface area contributed by atoms with Crippen molar-refractivity contribution in [2.75, 3.05) is 31.1 Å². The Kier molecular flexibility index (Phi) is 3.78. The molecule has 0 radical (unpaired) electrons. The van der Waals surface area contributed by atoms with Crippen LogP contribution < -0.4 is 4.90 Å². The maximum atomic E-state index is 11.0. The Morgan fingerprint density at radius 2 is 1.95 bits per heavy atom. The summed E-state index contributed by atoms with van der Waals surface area (Å²) in [6.45, 7) is 3.90. The van der Waals surface area contributed by atoms with E-state index < -0.39 is 5.97 Å². The molecule has 0 spiro atoms. The summed E-state index contributed by atoms with van der Waals surface area (Å²) < 4.78 is 0. The summed E-state index contributed by atoms with van der Waals surface area (Å²) in [6.07, 6.45) is 5.05. The van der Waals surface area contributed by atoms with Gasteiger partial charge >= 0.3 is 5.97 Å². The highest BCUT2D eigenvalue weighted by Gasteiger charge is 2.21. The molecule has 1 aliphatic heterocycles. The number of hydrogen-bond acceptors (Lipinski definition) is 6. The minimum absolute atomic E-state index is 0.170. The monoisotopic (exact) mass is 288 g/mol. The molecule has 3 rings (SSSR count). The molecular formula is C13H16N6O2. The van der Waals surface area contributed by atoms with Gasteiger partial charge in [0.25, 0.3) is 0 Å². The van der Waals surface area contributed by atoms with Crippen LogP contribution in [-0.2, 0) is 6.54 Å². The molecule has 1 fully saturated rings. The molecule has 0 aliphatic carbocycles. The molecule has 8 nitrogen and oxygen atoms in total. The molecule has 0 bridgehead atoms. The minimum Gasteiger partial charge on any atom is -0.477 e. The zero-order valence-electron chi connectivity index (χ0n) is 11.4. The standard InChI is InChI=1S/C13H16N6O2/c20-12(21)11-10(8-16-17-11)9-18-4-6-19(7-5-18)13-14-2-1-3-15-13/h1-3,8H,4-7,9H2,(H,16,17)(H,20,21). The first-order valence-electron chi connectivity index (χ1n) is 6.74. The van der Waals surface area contributed by atoms with Crippen molar-refractivity contribution in [2.24, 2.45) is 0 Å². The number of rotatable bonds is 4. The molecule has 0 atom stereocenters. The molecule has 21 heavy (non-hydrogen) atoms. The Balaban J connectivity index is 1.59. The van der Waals surface area contributed by atoms with Crippen molar-refractivity contribution in [3.05, 3.63) is 35.9 Å². The van der Waals surface area contributed by atoms with E-state index in [0.717, 1.165) is 32.1 Å². The highest BCUT2D eigenvalue weighted by Crippen LogP contribution is 2.13. The van der Waals surface area contributed by atoms with Crippen LogP contribution >= 0.6 is 0 Å². The van der Waals surface area contributed by atoms with E-state index in [1.165, 1.54) is 0 Å². The summed E-state index contributed by atoms with van der Waals surface area (Å²) in [5, 5.41) is 15.4. The first-order valence-corrected chi connectivity index (χ1v) is 6.74. The number of aromatic amines is 1. The second kappa shape index (κ2) is 5.88.